The predicted octanol–water partition coefficient (Wildman–Crippen LogP) is 6.54. The molecule has 4 rings (SSSR count). The molecule has 11 nitrogen and oxygen atoms in total. The van der Waals surface area contributed by atoms with Crippen LogP contribution in [0.5, 0.6) is 0 Å². The monoisotopic (exact) mass is 654 g/mol. The Bertz CT molecular complexity index is 1520. The van der Waals surface area contributed by atoms with Crippen molar-refractivity contribution in [2.24, 2.45) is 0 Å². The predicted molar refractivity (Wildman–Crippen MR) is 178 cm³/mol. The molecule has 0 fully saturated rings. The van der Waals surface area contributed by atoms with Crippen LogP contribution in [0.25, 0.3) is 10.9 Å². The minimum Gasteiger partial charge on any atom is -0.434 e. The molecule has 0 spiro atoms. The minimum absolute atomic E-state index is 0.227. The molecule has 2 aliphatic heterocycles. The lowest BCUT2D eigenvalue weighted by molar-refractivity contribution is -0.147. The zero-order valence-electron chi connectivity index (χ0n) is 28.2. The Hall–Kier alpha value is -3.63. The minimum atomic E-state index is -4.25. The number of fused-ring (bicyclic) bond motifs is 1. The SMILES string of the molecule is CN(C)CCc1cn(P(=O)(OCOC(=O)C2=CN(C(C)(C)C)C=CC2)OCOC(=O)C2=CN(C(C)(C)C)C=CC2)c2ccccc12. The fourth-order valence-corrected chi connectivity index (χ4v) is 6.25. The fourth-order valence-electron chi connectivity index (χ4n) is 4.84. The molecule has 3 heterocycles. The molecule has 1 aromatic heterocycles. The Kier molecular flexibility index (Phi) is 11.0. The summed E-state index contributed by atoms with van der Waals surface area (Å²) in [5.41, 5.74) is 1.96. The Morgan fingerprint density at radius 3 is 1.80 bits per heavy atom. The Balaban J connectivity index is 1.54. The third-order valence-corrected chi connectivity index (χ3v) is 9.27. The highest BCUT2D eigenvalue weighted by molar-refractivity contribution is 7.52. The van der Waals surface area contributed by atoms with Crippen molar-refractivity contribution in [3.63, 3.8) is 0 Å². The van der Waals surface area contributed by atoms with Crippen molar-refractivity contribution in [1.82, 2.24) is 19.0 Å². The molecule has 46 heavy (non-hydrogen) atoms. The molecule has 2 aliphatic rings. The Labute approximate surface area is 272 Å². The van der Waals surface area contributed by atoms with Crippen LogP contribution in [0.3, 0.4) is 0 Å². The van der Waals surface area contributed by atoms with E-state index in [2.05, 4.69) is 4.90 Å². The summed E-state index contributed by atoms with van der Waals surface area (Å²) in [6.45, 7) is 11.7. The van der Waals surface area contributed by atoms with E-state index >= 15 is 0 Å². The maximum absolute atomic E-state index is 14.5. The number of allylic oxidation sites excluding steroid dienone is 2. The summed E-state index contributed by atoms with van der Waals surface area (Å²) in [6, 6.07) is 7.48. The molecule has 0 saturated carbocycles. The second-order valence-electron chi connectivity index (χ2n) is 13.5. The van der Waals surface area contributed by atoms with E-state index in [1.165, 1.54) is 4.34 Å². The van der Waals surface area contributed by atoms with Gasteiger partial charge in [-0.15, -0.1) is 0 Å². The number of hydrogen-bond donors (Lipinski definition) is 0. The molecule has 1 aromatic carbocycles. The summed E-state index contributed by atoms with van der Waals surface area (Å²) >= 11 is 0. The van der Waals surface area contributed by atoms with Gasteiger partial charge in [-0.25, -0.2) is 14.2 Å². The van der Waals surface area contributed by atoms with E-state index in [1.807, 2.05) is 114 Å². The number of rotatable bonds is 12. The van der Waals surface area contributed by atoms with Gasteiger partial charge in [-0.05, 0) is 73.7 Å². The number of carbonyl (C=O) groups excluding carboxylic acids is 2. The summed E-state index contributed by atoms with van der Waals surface area (Å²) < 4.78 is 38.3. The summed E-state index contributed by atoms with van der Waals surface area (Å²) in [7, 11) is -0.290. The highest BCUT2D eigenvalue weighted by Gasteiger charge is 2.33. The highest BCUT2D eigenvalue weighted by atomic mass is 31.2. The van der Waals surface area contributed by atoms with Gasteiger partial charge in [0.25, 0.3) is 0 Å². The third-order valence-electron chi connectivity index (χ3n) is 7.55. The fraction of sp³-hybridized carbons (Fsp3) is 0.471. The van der Waals surface area contributed by atoms with Crippen molar-refractivity contribution in [2.75, 3.05) is 34.2 Å². The molecule has 0 amide bonds. The van der Waals surface area contributed by atoms with Gasteiger partial charge in [-0.3, -0.25) is 13.4 Å². The molecule has 0 N–H and O–H groups in total. The van der Waals surface area contributed by atoms with E-state index in [0.717, 1.165) is 17.5 Å². The maximum atomic E-state index is 14.5. The van der Waals surface area contributed by atoms with Crippen LogP contribution in [-0.2, 0) is 39.1 Å². The molecule has 12 heteroatoms. The second-order valence-corrected chi connectivity index (χ2v) is 15.4. The number of carbonyl (C=O) groups is 2. The van der Waals surface area contributed by atoms with Crippen LogP contribution in [0.1, 0.15) is 59.9 Å². The van der Waals surface area contributed by atoms with Crippen molar-refractivity contribution in [1.29, 1.82) is 0 Å². The average molecular weight is 655 g/mol. The normalized spacial score (nSPS) is 15.8. The number of ether oxygens (including phenoxy) is 2. The summed E-state index contributed by atoms with van der Waals surface area (Å²) in [5, 5.41) is 0.883. The van der Waals surface area contributed by atoms with Crippen LogP contribution in [-0.4, -0.2) is 76.3 Å². The lowest BCUT2D eigenvalue weighted by Crippen LogP contribution is -2.35. The van der Waals surface area contributed by atoms with Crippen molar-refractivity contribution in [3.05, 3.63) is 84.1 Å². The number of nitrogens with zero attached hydrogens (tertiary/aromatic N) is 4. The van der Waals surface area contributed by atoms with Gasteiger partial charge in [-0.2, -0.15) is 0 Å². The van der Waals surface area contributed by atoms with Crippen LogP contribution >= 0.6 is 7.75 Å². The van der Waals surface area contributed by atoms with Crippen molar-refractivity contribution < 1.29 is 32.7 Å². The molecule has 0 atom stereocenters. The first-order valence-electron chi connectivity index (χ1n) is 15.4. The molecule has 0 aliphatic carbocycles. The summed E-state index contributed by atoms with van der Waals surface area (Å²) in [4.78, 5) is 31.9. The number of hydrogen-bond acceptors (Lipinski definition) is 10. The van der Waals surface area contributed by atoms with Gasteiger partial charge in [0, 0.05) is 66.8 Å². The molecule has 0 unspecified atom stereocenters. The number of para-hydroxylation sites is 1. The van der Waals surface area contributed by atoms with Crippen molar-refractivity contribution in [3.8, 4) is 0 Å². The van der Waals surface area contributed by atoms with E-state index in [9.17, 15) is 14.2 Å². The van der Waals surface area contributed by atoms with Crippen molar-refractivity contribution in [2.45, 2.75) is 71.9 Å². The van der Waals surface area contributed by atoms with Gasteiger partial charge in [0.2, 0.25) is 13.6 Å². The van der Waals surface area contributed by atoms with Gasteiger partial charge in [0.15, 0.2) is 0 Å². The van der Waals surface area contributed by atoms with Gasteiger partial charge >= 0.3 is 19.7 Å². The maximum Gasteiger partial charge on any atom is 0.445 e. The lowest BCUT2D eigenvalue weighted by Gasteiger charge is -2.34. The van der Waals surface area contributed by atoms with E-state index < -0.39 is 33.3 Å². The van der Waals surface area contributed by atoms with Gasteiger partial charge in [-0.1, -0.05) is 30.4 Å². The number of esters is 2. The number of benzene rings is 1. The molecule has 0 radical (unpaired) electrons. The number of likely N-dealkylation sites (N-methyl/N-ethyl adjacent to an activating group) is 1. The molecule has 250 valence electrons. The van der Waals surface area contributed by atoms with E-state index in [4.69, 9.17) is 18.5 Å². The summed E-state index contributed by atoms with van der Waals surface area (Å²) in [5.74, 6) is -1.19. The molecular formula is C34H47N4O7P. The Morgan fingerprint density at radius 1 is 0.826 bits per heavy atom. The van der Waals surface area contributed by atoms with Crippen LogP contribution in [0.2, 0.25) is 0 Å². The van der Waals surface area contributed by atoms with Crippen molar-refractivity contribution >= 4 is 30.6 Å². The molecule has 0 saturated heterocycles. The van der Waals surface area contributed by atoms with Crippen LogP contribution in [0, 0.1) is 0 Å². The van der Waals surface area contributed by atoms with Gasteiger partial charge in [0.05, 0.1) is 16.7 Å². The third kappa shape index (κ3) is 8.79. The average Bonchev–Trinajstić information content (AvgIpc) is 3.38. The second kappa shape index (κ2) is 14.4. The van der Waals surface area contributed by atoms with E-state index in [0.29, 0.717) is 35.9 Å². The smallest absolute Gasteiger partial charge is 0.434 e. The first-order valence-corrected chi connectivity index (χ1v) is 16.9. The standard InChI is InChI=1S/C34H47N4O7P/c1-33(2,3)36-18-11-13-27(21-36)31(39)42-24-44-46(41,38-23-26(17-20-35(7)8)29-15-9-10-16-30(29)38)45-25-43-32(40)28-14-12-19-37(22-28)34(4,5)6/h9-12,15-16,18-19,21-23H,13-14,17,20,24-25H2,1-8H3. The quantitative estimate of drug-likeness (QED) is 0.142. The van der Waals surface area contributed by atoms with Gasteiger partial charge < -0.3 is 24.2 Å². The first-order chi connectivity index (χ1) is 21.6. The zero-order chi connectivity index (χ0) is 33.7. The van der Waals surface area contributed by atoms with Crippen LogP contribution in [0.4, 0.5) is 0 Å². The zero-order valence-corrected chi connectivity index (χ0v) is 29.1. The molecular weight excluding hydrogens is 607 g/mol. The molecule has 2 aromatic rings. The largest absolute Gasteiger partial charge is 0.445 e. The molecule has 0 bridgehead atoms. The lowest BCUT2D eigenvalue weighted by atomic mass is 10.0. The van der Waals surface area contributed by atoms with Crippen LogP contribution < -0.4 is 0 Å². The Morgan fingerprint density at radius 2 is 1.33 bits per heavy atom. The number of aromatic nitrogens is 1. The van der Waals surface area contributed by atoms with Crippen LogP contribution in [0.15, 0.2) is 78.6 Å². The topological polar surface area (TPSA) is 103 Å². The van der Waals surface area contributed by atoms with E-state index in [1.54, 1.807) is 18.6 Å². The summed E-state index contributed by atoms with van der Waals surface area (Å²) in [6.07, 6.45) is 14.3. The highest BCUT2D eigenvalue weighted by Crippen LogP contribution is 2.52. The first kappa shape index (κ1) is 35.2. The van der Waals surface area contributed by atoms with Gasteiger partial charge in [0.1, 0.15) is 0 Å². The van der Waals surface area contributed by atoms with E-state index in [-0.39, 0.29) is 11.1 Å².